The molecule has 29 heavy (non-hydrogen) atoms. The maximum Gasteiger partial charge on any atom is 0.341 e. The molecule has 0 aliphatic heterocycles. The highest BCUT2D eigenvalue weighted by Crippen LogP contribution is 2.34. The number of carbonyl (C=O) groups excluding carboxylic acids is 1. The fraction of sp³-hybridized carbons (Fsp3) is 0.190. The summed E-state index contributed by atoms with van der Waals surface area (Å²) in [5.74, 6) is -0.894. The van der Waals surface area contributed by atoms with Gasteiger partial charge in [0.15, 0.2) is 18.1 Å². The van der Waals surface area contributed by atoms with Crippen molar-refractivity contribution in [3.8, 4) is 11.5 Å². The van der Waals surface area contributed by atoms with E-state index in [0.717, 1.165) is 0 Å². The Bertz CT molecular complexity index is 954. The largest absolute Gasteiger partial charge is 0.493 e. The average Bonchev–Trinajstić information content (AvgIpc) is 2.71. The van der Waals surface area contributed by atoms with Crippen LogP contribution in [0.1, 0.15) is 21.5 Å². The summed E-state index contributed by atoms with van der Waals surface area (Å²) >= 11 is 6.17. The SMILES string of the molecule is C=CCc1cc(C=Nc2cc(C(=O)OC)ccc2Cl)cc(OC)c1OCC(=O)O. The zero-order chi connectivity index (χ0) is 21.4. The number of carboxylic acid groups (broad SMARTS) is 1. The number of benzene rings is 2. The second-order valence-electron chi connectivity index (χ2n) is 5.80. The van der Waals surface area contributed by atoms with Crippen LogP contribution in [0.15, 0.2) is 48.0 Å². The third-order valence-corrected chi connectivity index (χ3v) is 4.12. The van der Waals surface area contributed by atoms with E-state index >= 15 is 0 Å². The number of methoxy groups -OCH3 is 2. The predicted octanol–water partition coefficient (Wildman–Crippen LogP) is 4.08. The van der Waals surface area contributed by atoms with Crippen LogP contribution in [-0.4, -0.2) is 44.1 Å². The van der Waals surface area contributed by atoms with Gasteiger partial charge in [-0.25, -0.2) is 9.59 Å². The van der Waals surface area contributed by atoms with Crippen molar-refractivity contribution in [1.29, 1.82) is 0 Å². The molecule has 0 unspecified atom stereocenters. The van der Waals surface area contributed by atoms with Gasteiger partial charge in [-0.15, -0.1) is 6.58 Å². The van der Waals surface area contributed by atoms with Crippen LogP contribution in [0.4, 0.5) is 5.69 Å². The fourth-order valence-corrected chi connectivity index (χ4v) is 2.68. The minimum Gasteiger partial charge on any atom is -0.493 e. The van der Waals surface area contributed by atoms with Gasteiger partial charge in [0.05, 0.1) is 30.5 Å². The van der Waals surface area contributed by atoms with E-state index in [-0.39, 0.29) is 0 Å². The second-order valence-corrected chi connectivity index (χ2v) is 6.21. The molecule has 0 atom stereocenters. The number of aliphatic carboxylic acids is 1. The molecule has 0 aliphatic rings. The van der Waals surface area contributed by atoms with Gasteiger partial charge in [0.25, 0.3) is 0 Å². The van der Waals surface area contributed by atoms with E-state index in [1.54, 1.807) is 36.6 Å². The molecule has 0 heterocycles. The molecule has 0 radical (unpaired) electrons. The summed E-state index contributed by atoms with van der Waals surface area (Å²) in [6.45, 7) is 3.21. The summed E-state index contributed by atoms with van der Waals surface area (Å²) < 4.78 is 15.4. The Morgan fingerprint density at radius 1 is 1.24 bits per heavy atom. The molecule has 1 N–H and O–H groups in total. The first-order valence-corrected chi connectivity index (χ1v) is 8.85. The lowest BCUT2D eigenvalue weighted by atomic mass is 10.1. The van der Waals surface area contributed by atoms with E-state index < -0.39 is 18.5 Å². The zero-order valence-electron chi connectivity index (χ0n) is 16.0. The number of carboxylic acids is 1. The van der Waals surface area contributed by atoms with Gasteiger partial charge in [-0.05, 0) is 42.3 Å². The van der Waals surface area contributed by atoms with E-state index in [9.17, 15) is 9.59 Å². The van der Waals surface area contributed by atoms with Crippen molar-refractivity contribution in [1.82, 2.24) is 0 Å². The van der Waals surface area contributed by atoms with E-state index in [1.165, 1.54) is 20.3 Å². The lowest BCUT2D eigenvalue weighted by Gasteiger charge is -2.14. The number of carbonyl (C=O) groups is 2. The number of hydrogen-bond donors (Lipinski definition) is 1. The first-order chi connectivity index (χ1) is 13.9. The lowest BCUT2D eigenvalue weighted by Crippen LogP contribution is -2.11. The second kappa shape index (κ2) is 10.3. The number of aliphatic imine (C=N–C) groups is 1. The summed E-state index contributed by atoms with van der Waals surface area (Å²) in [5, 5.41) is 9.25. The topological polar surface area (TPSA) is 94.4 Å². The van der Waals surface area contributed by atoms with Gasteiger partial charge < -0.3 is 19.3 Å². The zero-order valence-corrected chi connectivity index (χ0v) is 16.7. The van der Waals surface area contributed by atoms with Crippen LogP contribution < -0.4 is 9.47 Å². The van der Waals surface area contributed by atoms with Crippen molar-refractivity contribution in [3.05, 3.63) is 64.7 Å². The van der Waals surface area contributed by atoms with Crippen molar-refractivity contribution in [2.75, 3.05) is 20.8 Å². The van der Waals surface area contributed by atoms with E-state index in [1.807, 2.05) is 0 Å². The summed E-state index contributed by atoms with van der Waals surface area (Å²) in [4.78, 5) is 26.9. The molecule has 7 nitrogen and oxygen atoms in total. The molecule has 0 amide bonds. The van der Waals surface area contributed by atoms with Crippen LogP contribution in [0.3, 0.4) is 0 Å². The predicted molar refractivity (Wildman–Crippen MR) is 110 cm³/mol. The number of esters is 1. The van der Waals surface area contributed by atoms with E-state index in [4.69, 9.17) is 30.9 Å². The average molecular weight is 418 g/mol. The number of allylic oxidation sites excluding steroid dienone is 1. The molecule has 2 aromatic rings. The van der Waals surface area contributed by atoms with Crippen LogP contribution in [0, 0.1) is 0 Å². The van der Waals surface area contributed by atoms with E-state index in [0.29, 0.717) is 45.3 Å². The van der Waals surface area contributed by atoms with Gasteiger partial charge in [-0.1, -0.05) is 17.7 Å². The summed E-state index contributed by atoms with van der Waals surface area (Å²) in [7, 11) is 2.75. The number of hydrogen-bond acceptors (Lipinski definition) is 6. The Labute approximate surface area is 173 Å². The molecular formula is C21H20ClNO6. The molecule has 0 saturated heterocycles. The number of halogens is 1. The fourth-order valence-electron chi connectivity index (χ4n) is 2.52. The van der Waals surface area contributed by atoms with Crippen LogP contribution in [0.25, 0.3) is 0 Å². The molecule has 2 rings (SSSR count). The Morgan fingerprint density at radius 3 is 2.62 bits per heavy atom. The van der Waals surface area contributed by atoms with Crippen LogP contribution in [0.5, 0.6) is 11.5 Å². The lowest BCUT2D eigenvalue weighted by molar-refractivity contribution is -0.139. The van der Waals surface area contributed by atoms with Crippen LogP contribution in [0.2, 0.25) is 5.02 Å². The highest BCUT2D eigenvalue weighted by atomic mass is 35.5. The minimum atomic E-state index is -1.10. The van der Waals surface area contributed by atoms with Gasteiger partial charge in [0.1, 0.15) is 0 Å². The van der Waals surface area contributed by atoms with Crippen LogP contribution in [-0.2, 0) is 16.0 Å². The van der Waals surface area contributed by atoms with Crippen molar-refractivity contribution in [2.45, 2.75) is 6.42 Å². The van der Waals surface area contributed by atoms with Crippen LogP contribution >= 0.6 is 11.6 Å². The Balaban J connectivity index is 2.42. The van der Waals surface area contributed by atoms with Gasteiger partial charge in [-0.3, -0.25) is 4.99 Å². The molecule has 8 heteroatoms. The van der Waals surface area contributed by atoms with Gasteiger partial charge in [0, 0.05) is 11.8 Å². The van der Waals surface area contributed by atoms with Gasteiger partial charge >= 0.3 is 11.9 Å². The maximum absolute atomic E-state index is 11.7. The third kappa shape index (κ3) is 5.83. The Kier molecular flexibility index (Phi) is 7.79. The normalized spacial score (nSPS) is 10.6. The third-order valence-electron chi connectivity index (χ3n) is 3.80. The quantitative estimate of drug-likeness (QED) is 0.375. The van der Waals surface area contributed by atoms with Crippen molar-refractivity contribution < 1.29 is 28.9 Å². The standard InChI is InChI=1S/C21H20ClNO6/c1-4-5-14-8-13(9-18(27-2)20(14)29-12-19(24)25)11-23-17-10-15(21(26)28-3)6-7-16(17)22/h4,6-11H,1,5,12H2,2-3H3,(H,24,25). The Hall–Kier alpha value is -3.32. The highest BCUT2D eigenvalue weighted by molar-refractivity contribution is 6.33. The molecule has 0 aliphatic carbocycles. The van der Waals surface area contributed by atoms with Crippen molar-refractivity contribution in [2.24, 2.45) is 4.99 Å². The molecule has 0 bridgehead atoms. The molecule has 0 saturated carbocycles. The number of nitrogens with zero attached hydrogens (tertiary/aromatic N) is 1. The molecule has 0 fully saturated rings. The van der Waals surface area contributed by atoms with Gasteiger partial charge in [0.2, 0.25) is 0 Å². The van der Waals surface area contributed by atoms with E-state index in [2.05, 4.69) is 11.6 Å². The first kappa shape index (κ1) is 22.0. The molecular weight excluding hydrogens is 398 g/mol. The first-order valence-electron chi connectivity index (χ1n) is 8.48. The minimum absolute atomic E-state index is 0.325. The molecule has 0 spiro atoms. The number of ether oxygens (including phenoxy) is 3. The maximum atomic E-state index is 11.7. The summed E-state index contributed by atoms with van der Waals surface area (Å²) in [5.41, 5.74) is 2.08. The molecule has 0 aromatic heterocycles. The number of rotatable bonds is 9. The Morgan fingerprint density at radius 2 is 2.00 bits per heavy atom. The molecule has 2 aromatic carbocycles. The van der Waals surface area contributed by atoms with Crippen molar-refractivity contribution >= 4 is 35.4 Å². The van der Waals surface area contributed by atoms with Crippen molar-refractivity contribution in [3.63, 3.8) is 0 Å². The summed E-state index contributed by atoms with van der Waals surface area (Å²) in [6, 6.07) is 8.07. The van der Waals surface area contributed by atoms with Gasteiger partial charge in [-0.2, -0.15) is 0 Å². The summed E-state index contributed by atoms with van der Waals surface area (Å²) in [6.07, 6.45) is 3.66. The molecule has 152 valence electrons. The smallest absolute Gasteiger partial charge is 0.341 e. The monoisotopic (exact) mass is 417 g/mol. The highest BCUT2D eigenvalue weighted by Gasteiger charge is 2.14.